The number of aliphatic hydroxyl groups excluding tert-OH is 3. The molecule has 1 atom stereocenters. The zero-order chi connectivity index (χ0) is 13.1. The van der Waals surface area contributed by atoms with Crippen LogP contribution in [-0.4, -0.2) is 21.1 Å². The summed E-state index contributed by atoms with van der Waals surface area (Å²) in [5, 5.41) is 27.4. The van der Waals surface area contributed by atoms with Gasteiger partial charge in [-0.3, -0.25) is 4.79 Å². The summed E-state index contributed by atoms with van der Waals surface area (Å²) in [6.07, 6.45) is -1.50. The van der Waals surface area contributed by atoms with E-state index in [1.165, 1.54) is 24.3 Å². The minimum Gasteiger partial charge on any atom is -0.460 e. The molecule has 0 saturated carbocycles. The van der Waals surface area contributed by atoms with Crippen LogP contribution in [0.3, 0.4) is 0 Å². The van der Waals surface area contributed by atoms with Crippen molar-refractivity contribution in [1.29, 1.82) is 0 Å². The molecule has 0 spiro atoms. The molecule has 1 unspecified atom stereocenters. The van der Waals surface area contributed by atoms with Crippen LogP contribution in [-0.2, 0) is 13.2 Å². The van der Waals surface area contributed by atoms with Crippen LogP contribution in [0, 0.1) is 0 Å². The fraction of sp³-hybridized carbons (Fsp3) is 0.250. The van der Waals surface area contributed by atoms with Gasteiger partial charge in [-0.15, -0.1) is 0 Å². The van der Waals surface area contributed by atoms with Gasteiger partial charge in [-0.05, 0) is 24.3 Å². The fourth-order valence-corrected chi connectivity index (χ4v) is 1.49. The van der Waals surface area contributed by atoms with E-state index in [0.717, 1.165) is 0 Å². The first kappa shape index (κ1) is 12.6. The van der Waals surface area contributed by atoms with Crippen molar-refractivity contribution in [3.8, 4) is 0 Å². The Balaban J connectivity index is 2.17. The van der Waals surface area contributed by atoms with E-state index in [9.17, 15) is 9.90 Å². The van der Waals surface area contributed by atoms with Crippen LogP contribution < -0.4 is 0 Å². The lowest BCUT2D eigenvalue weighted by Crippen LogP contribution is -2.10. The highest BCUT2D eigenvalue weighted by Crippen LogP contribution is 2.22. The smallest absolute Gasteiger partial charge is 0.234 e. The van der Waals surface area contributed by atoms with E-state index >= 15 is 0 Å². The maximum atomic E-state index is 11.8. The highest BCUT2D eigenvalue weighted by Gasteiger charge is 2.25. The number of aliphatic hydroxyl groups is 3. The van der Waals surface area contributed by atoms with Crippen molar-refractivity contribution in [2.24, 2.45) is 0 Å². The van der Waals surface area contributed by atoms with Crippen molar-refractivity contribution >= 4 is 5.78 Å². The summed E-state index contributed by atoms with van der Waals surface area (Å²) >= 11 is 0. The SMILES string of the molecule is O=C(c1ccc(CO)o1)C(O)c1ccc(CO)o1. The fourth-order valence-electron chi connectivity index (χ4n) is 1.49. The van der Waals surface area contributed by atoms with E-state index in [1.807, 2.05) is 0 Å². The minimum absolute atomic E-state index is 0.0333. The molecule has 2 rings (SSSR count). The van der Waals surface area contributed by atoms with Crippen molar-refractivity contribution in [2.75, 3.05) is 0 Å². The van der Waals surface area contributed by atoms with Crippen molar-refractivity contribution in [3.63, 3.8) is 0 Å². The Hall–Kier alpha value is -1.89. The molecule has 2 heterocycles. The number of hydrogen-bond donors (Lipinski definition) is 3. The summed E-state index contributed by atoms with van der Waals surface area (Å²) in [5.74, 6) is -0.207. The second-order valence-electron chi connectivity index (χ2n) is 3.65. The maximum absolute atomic E-state index is 11.8. The third-order valence-electron chi connectivity index (χ3n) is 2.42. The summed E-state index contributed by atoms with van der Waals surface area (Å²) in [6.45, 7) is -0.630. The molecule has 6 heteroatoms. The first-order valence-corrected chi connectivity index (χ1v) is 5.27. The van der Waals surface area contributed by atoms with Gasteiger partial charge < -0.3 is 24.2 Å². The predicted octanol–water partition coefficient (Wildman–Crippen LogP) is 0.774. The molecule has 3 N–H and O–H groups in total. The van der Waals surface area contributed by atoms with Crippen molar-refractivity contribution in [1.82, 2.24) is 0 Å². The quantitative estimate of drug-likeness (QED) is 0.679. The number of rotatable bonds is 5. The molecule has 0 saturated heterocycles. The molecule has 6 nitrogen and oxygen atoms in total. The molecule has 2 aromatic heterocycles. The van der Waals surface area contributed by atoms with Crippen LogP contribution in [0.1, 0.15) is 33.9 Å². The predicted molar refractivity (Wildman–Crippen MR) is 58.6 cm³/mol. The molecule has 18 heavy (non-hydrogen) atoms. The second kappa shape index (κ2) is 5.18. The Morgan fingerprint density at radius 1 is 1.06 bits per heavy atom. The Labute approximate surface area is 102 Å². The van der Waals surface area contributed by atoms with Gasteiger partial charge >= 0.3 is 0 Å². The van der Waals surface area contributed by atoms with Crippen LogP contribution in [0.4, 0.5) is 0 Å². The molecule has 0 aliphatic rings. The van der Waals surface area contributed by atoms with E-state index in [2.05, 4.69) is 0 Å². The van der Waals surface area contributed by atoms with Gasteiger partial charge in [0.05, 0.1) is 0 Å². The summed E-state index contributed by atoms with van der Waals surface area (Å²) in [6, 6.07) is 5.69. The van der Waals surface area contributed by atoms with E-state index < -0.39 is 11.9 Å². The number of carbonyl (C=O) groups excluding carboxylic acids is 1. The number of carbonyl (C=O) groups is 1. The van der Waals surface area contributed by atoms with Gasteiger partial charge in [-0.2, -0.15) is 0 Å². The van der Waals surface area contributed by atoms with E-state index in [0.29, 0.717) is 0 Å². The first-order valence-electron chi connectivity index (χ1n) is 5.27. The average Bonchev–Trinajstić information content (AvgIpc) is 3.05. The molecule has 0 aromatic carbocycles. The number of Topliss-reactive ketones (excluding diaryl/α,β-unsaturated/α-hetero) is 1. The Morgan fingerprint density at radius 2 is 1.67 bits per heavy atom. The Bertz CT molecular complexity index is 538. The molecular formula is C12H12O6. The van der Waals surface area contributed by atoms with E-state index in [1.54, 1.807) is 0 Å². The highest BCUT2D eigenvalue weighted by molar-refractivity contribution is 5.97. The Kier molecular flexibility index (Phi) is 3.61. The lowest BCUT2D eigenvalue weighted by molar-refractivity contribution is 0.0662. The van der Waals surface area contributed by atoms with Crippen LogP contribution in [0.2, 0.25) is 0 Å². The van der Waals surface area contributed by atoms with Crippen molar-refractivity contribution in [3.05, 3.63) is 47.3 Å². The summed E-state index contributed by atoms with van der Waals surface area (Å²) in [7, 11) is 0. The molecule has 0 bridgehead atoms. The third-order valence-corrected chi connectivity index (χ3v) is 2.42. The lowest BCUT2D eigenvalue weighted by Gasteiger charge is -2.04. The lowest BCUT2D eigenvalue weighted by atomic mass is 10.1. The van der Waals surface area contributed by atoms with Gasteiger partial charge in [-0.1, -0.05) is 0 Å². The van der Waals surface area contributed by atoms with Gasteiger partial charge in [-0.25, -0.2) is 0 Å². The number of hydrogen-bond acceptors (Lipinski definition) is 6. The molecule has 0 aliphatic heterocycles. The summed E-state index contributed by atoms with van der Waals surface area (Å²) in [4.78, 5) is 11.8. The number of furan rings is 2. The van der Waals surface area contributed by atoms with Crippen LogP contribution in [0.15, 0.2) is 33.1 Å². The second-order valence-corrected chi connectivity index (χ2v) is 3.65. The largest absolute Gasteiger partial charge is 0.460 e. The number of ketones is 1. The van der Waals surface area contributed by atoms with E-state index in [-0.39, 0.29) is 36.3 Å². The molecule has 96 valence electrons. The maximum Gasteiger partial charge on any atom is 0.234 e. The van der Waals surface area contributed by atoms with E-state index in [4.69, 9.17) is 19.0 Å². The van der Waals surface area contributed by atoms with Crippen LogP contribution in [0.25, 0.3) is 0 Å². The average molecular weight is 252 g/mol. The molecular weight excluding hydrogens is 240 g/mol. The minimum atomic E-state index is -1.50. The van der Waals surface area contributed by atoms with Gasteiger partial charge in [0.2, 0.25) is 5.78 Å². The van der Waals surface area contributed by atoms with Gasteiger partial charge in [0.15, 0.2) is 11.9 Å². The van der Waals surface area contributed by atoms with Crippen molar-refractivity contribution < 1.29 is 28.9 Å². The topological polar surface area (TPSA) is 104 Å². The van der Waals surface area contributed by atoms with Gasteiger partial charge in [0.1, 0.15) is 30.5 Å². The molecule has 2 aromatic rings. The zero-order valence-corrected chi connectivity index (χ0v) is 9.37. The molecule has 0 radical (unpaired) electrons. The zero-order valence-electron chi connectivity index (χ0n) is 9.37. The van der Waals surface area contributed by atoms with Gasteiger partial charge in [0.25, 0.3) is 0 Å². The standard InChI is InChI=1S/C12H12O6/c13-5-7-1-3-9(17-7)11(15)12(16)10-4-2-8(6-14)18-10/h1-4,11,13-15H,5-6H2. The molecule has 0 amide bonds. The van der Waals surface area contributed by atoms with Crippen LogP contribution >= 0.6 is 0 Å². The summed E-state index contributed by atoms with van der Waals surface area (Å²) < 4.78 is 10.1. The monoisotopic (exact) mass is 252 g/mol. The first-order chi connectivity index (χ1) is 8.65. The Morgan fingerprint density at radius 3 is 2.22 bits per heavy atom. The van der Waals surface area contributed by atoms with Crippen molar-refractivity contribution in [2.45, 2.75) is 19.3 Å². The van der Waals surface area contributed by atoms with Crippen LogP contribution in [0.5, 0.6) is 0 Å². The molecule has 0 aliphatic carbocycles. The normalized spacial score (nSPS) is 12.6. The molecule has 0 fully saturated rings. The third kappa shape index (κ3) is 2.35. The van der Waals surface area contributed by atoms with Gasteiger partial charge in [0, 0.05) is 0 Å². The summed E-state index contributed by atoms with van der Waals surface area (Å²) in [5.41, 5.74) is 0. The highest BCUT2D eigenvalue weighted by atomic mass is 16.4.